The van der Waals surface area contributed by atoms with E-state index in [1.54, 1.807) is 12.1 Å². The molecule has 0 spiro atoms. The zero-order valence-corrected chi connectivity index (χ0v) is 10.9. The molecule has 0 fully saturated rings. The van der Waals surface area contributed by atoms with Gasteiger partial charge in [0.15, 0.2) is 0 Å². The third kappa shape index (κ3) is 4.84. The zero-order chi connectivity index (χ0) is 13.5. The summed E-state index contributed by atoms with van der Waals surface area (Å²) in [5, 5.41) is 0. The van der Waals surface area contributed by atoms with Gasteiger partial charge < -0.3 is 10.5 Å². The fourth-order valence-electron chi connectivity index (χ4n) is 2.02. The van der Waals surface area contributed by atoms with E-state index in [-0.39, 0.29) is 30.2 Å². The lowest BCUT2D eigenvalue weighted by molar-refractivity contribution is -0.141. The Hall–Kier alpha value is -1.42. The third-order valence-corrected chi connectivity index (χ3v) is 2.89. The maximum absolute atomic E-state index is 13.4. The van der Waals surface area contributed by atoms with Crippen molar-refractivity contribution < 1.29 is 13.9 Å². The van der Waals surface area contributed by atoms with Crippen molar-refractivity contribution in [2.75, 3.05) is 7.11 Å². The monoisotopic (exact) mass is 253 g/mol. The second-order valence-electron chi connectivity index (χ2n) is 4.68. The highest BCUT2D eigenvalue weighted by Gasteiger charge is 2.15. The molecule has 2 N–H and O–H groups in total. The second-order valence-corrected chi connectivity index (χ2v) is 4.68. The molecule has 0 saturated heterocycles. The Morgan fingerprint density at radius 1 is 1.44 bits per heavy atom. The third-order valence-electron chi connectivity index (χ3n) is 2.89. The Morgan fingerprint density at radius 3 is 2.72 bits per heavy atom. The minimum Gasteiger partial charge on any atom is -0.469 e. The zero-order valence-electron chi connectivity index (χ0n) is 10.9. The first kappa shape index (κ1) is 14.6. The molecule has 0 aromatic heterocycles. The smallest absolute Gasteiger partial charge is 0.307 e. The van der Waals surface area contributed by atoms with Crippen molar-refractivity contribution in [3.05, 3.63) is 35.6 Å². The van der Waals surface area contributed by atoms with Crippen LogP contribution >= 0.6 is 0 Å². The average molecular weight is 253 g/mol. The van der Waals surface area contributed by atoms with Gasteiger partial charge in [-0.05, 0) is 30.4 Å². The number of hydrogen-bond acceptors (Lipinski definition) is 3. The van der Waals surface area contributed by atoms with Gasteiger partial charge in [-0.1, -0.05) is 25.1 Å². The van der Waals surface area contributed by atoms with Crippen molar-refractivity contribution in [3.8, 4) is 0 Å². The molecule has 0 amide bonds. The van der Waals surface area contributed by atoms with Crippen molar-refractivity contribution in [1.29, 1.82) is 0 Å². The van der Waals surface area contributed by atoms with Crippen LogP contribution in [-0.2, 0) is 16.0 Å². The summed E-state index contributed by atoms with van der Waals surface area (Å²) in [4.78, 5) is 11.1. The number of esters is 1. The summed E-state index contributed by atoms with van der Waals surface area (Å²) in [5.74, 6) is -0.270. The molecule has 0 bridgehead atoms. The summed E-state index contributed by atoms with van der Waals surface area (Å²) in [7, 11) is 1.35. The van der Waals surface area contributed by atoms with E-state index in [0.29, 0.717) is 18.4 Å². The van der Waals surface area contributed by atoms with E-state index in [1.165, 1.54) is 13.2 Å². The molecule has 1 aromatic carbocycles. The molecule has 4 heteroatoms. The normalized spacial score (nSPS) is 14.0. The molecule has 0 saturated carbocycles. The average Bonchev–Trinajstić information content (AvgIpc) is 2.31. The minimum absolute atomic E-state index is 0.189. The first-order chi connectivity index (χ1) is 8.52. The largest absolute Gasteiger partial charge is 0.469 e. The van der Waals surface area contributed by atoms with Gasteiger partial charge in [0, 0.05) is 6.04 Å². The molecular formula is C14H20FNO2. The Bertz CT molecular complexity index is 395. The molecule has 0 radical (unpaired) electrons. The molecule has 1 rings (SSSR count). The van der Waals surface area contributed by atoms with E-state index in [2.05, 4.69) is 4.74 Å². The van der Waals surface area contributed by atoms with Crippen LogP contribution in [0.4, 0.5) is 4.39 Å². The molecule has 0 aliphatic rings. The number of ether oxygens (including phenoxy) is 1. The molecular weight excluding hydrogens is 233 g/mol. The van der Waals surface area contributed by atoms with Crippen LogP contribution in [0.3, 0.4) is 0 Å². The summed E-state index contributed by atoms with van der Waals surface area (Å²) in [6.45, 7) is 2.00. The Balaban J connectivity index is 2.44. The fourth-order valence-corrected chi connectivity index (χ4v) is 2.02. The second kappa shape index (κ2) is 7.11. The van der Waals surface area contributed by atoms with E-state index in [0.717, 1.165) is 0 Å². The predicted molar refractivity (Wildman–Crippen MR) is 68.5 cm³/mol. The van der Waals surface area contributed by atoms with Crippen LogP contribution in [0.15, 0.2) is 24.3 Å². The van der Waals surface area contributed by atoms with Crippen molar-refractivity contribution in [2.24, 2.45) is 11.7 Å². The van der Waals surface area contributed by atoms with Crippen molar-refractivity contribution >= 4 is 5.97 Å². The van der Waals surface area contributed by atoms with Crippen LogP contribution in [0.1, 0.15) is 25.3 Å². The highest BCUT2D eigenvalue weighted by atomic mass is 19.1. The van der Waals surface area contributed by atoms with Gasteiger partial charge in [0.05, 0.1) is 13.5 Å². The number of rotatable bonds is 6. The maximum Gasteiger partial charge on any atom is 0.307 e. The number of halogens is 1. The van der Waals surface area contributed by atoms with E-state index in [9.17, 15) is 9.18 Å². The lowest BCUT2D eigenvalue weighted by atomic mass is 9.93. The lowest BCUT2D eigenvalue weighted by Gasteiger charge is -2.16. The van der Waals surface area contributed by atoms with Gasteiger partial charge in [-0.15, -0.1) is 0 Å². The summed E-state index contributed by atoms with van der Waals surface area (Å²) in [5.41, 5.74) is 6.54. The van der Waals surface area contributed by atoms with E-state index in [4.69, 9.17) is 5.73 Å². The molecule has 1 aromatic rings. The number of methoxy groups -OCH3 is 1. The number of carbonyl (C=O) groups is 1. The van der Waals surface area contributed by atoms with Gasteiger partial charge in [-0.25, -0.2) is 4.39 Å². The Morgan fingerprint density at radius 2 is 2.11 bits per heavy atom. The maximum atomic E-state index is 13.4. The summed E-state index contributed by atoms with van der Waals surface area (Å²) >= 11 is 0. The number of carbonyl (C=O) groups excluding carboxylic acids is 1. The van der Waals surface area contributed by atoms with E-state index in [1.807, 2.05) is 13.0 Å². The first-order valence-corrected chi connectivity index (χ1v) is 6.08. The van der Waals surface area contributed by atoms with Crippen molar-refractivity contribution in [3.63, 3.8) is 0 Å². The van der Waals surface area contributed by atoms with E-state index >= 15 is 0 Å². The Labute approximate surface area is 107 Å². The molecule has 100 valence electrons. The highest BCUT2D eigenvalue weighted by Crippen LogP contribution is 2.16. The molecule has 0 aliphatic heterocycles. The van der Waals surface area contributed by atoms with Gasteiger partial charge in [-0.2, -0.15) is 0 Å². The van der Waals surface area contributed by atoms with Crippen LogP contribution in [-0.4, -0.2) is 19.1 Å². The van der Waals surface area contributed by atoms with Crippen molar-refractivity contribution in [1.82, 2.24) is 0 Å². The first-order valence-electron chi connectivity index (χ1n) is 6.08. The summed E-state index contributed by atoms with van der Waals surface area (Å²) < 4.78 is 18.0. The number of benzene rings is 1. The fraction of sp³-hybridized carbons (Fsp3) is 0.500. The van der Waals surface area contributed by atoms with Crippen LogP contribution in [0.25, 0.3) is 0 Å². The summed E-state index contributed by atoms with van der Waals surface area (Å²) in [6, 6.07) is 6.49. The molecule has 2 atom stereocenters. The van der Waals surface area contributed by atoms with Gasteiger partial charge >= 0.3 is 5.97 Å². The van der Waals surface area contributed by atoms with Crippen molar-refractivity contribution in [2.45, 2.75) is 32.2 Å². The minimum atomic E-state index is -0.305. The van der Waals surface area contributed by atoms with Crippen LogP contribution in [0.2, 0.25) is 0 Å². The summed E-state index contributed by atoms with van der Waals surface area (Å²) in [6.07, 6.45) is 1.50. The number of hydrogen-bond donors (Lipinski definition) is 1. The molecule has 2 unspecified atom stereocenters. The van der Waals surface area contributed by atoms with Crippen LogP contribution < -0.4 is 5.73 Å². The standard InChI is InChI=1S/C14H20FNO2/c1-10(8-12(16)9-14(17)18-2)7-11-5-3-4-6-13(11)15/h3-6,10,12H,7-9,16H2,1-2H3. The van der Waals surface area contributed by atoms with Gasteiger partial charge in [0.2, 0.25) is 0 Å². The van der Waals surface area contributed by atoms with Gasteiger partial charge in [0.1, 0.15) is 5.82 Å². The molecule has 0 heterocycles. The lowest BCUT2D eigenvalue weighted by Crippen LogP contribution is -2.27. The topological polar surface area (TPSA) is 52.3 Å². The highest BCUT2D eigenvalue weighted by molar-refractivity contribution is 5.69. The van der Waals surface area contributed by atoms with Crippen LogP contribution in [0, 0.1) is 11.7 Å². The number of nitrogens with two attached hydrogens (primary N) is 1. The Kier molecular flexibility index (Phi) is 5.78. The molecule has 3 nitrogen and oxygen atoms in total. The predicted octanol–water partition coefficient (Wildman–Crippen LogP) is 2.28. The molecule has 18 heavy (non-hydrogen) atoms. The van der Waals surface area contributed by atoms with E-state index < -0.39 is 0 Å². The quantitative estimate of drug-likeness (QED) is 0.791. The van der Waals surface area contributed by atoms with Gasteiger partial charge in [-0.3, -0.25) is 4.79 Å². The van der Waals surface area contributed by atoms with Crippen LogP contribution in [0.5, 0.6) is 0 Å². The SMILES string of the molecule is COC(=O)CC(N)CC(C)Cc1ccccc1F. The van der Waals surface area contributed by atoms with Gasteiger partial charge in [0.25, 0.3) is 0 Å². The molecule has 0 aliphatic carbocycles.